The van der Waals surface area contributed by atoms with Crippen LogP contribution in [0.15, 0.2) is 67.1 Å². The fourth-order valence-electron chi connectivity index (χ4n) is 5.12. The van der Waals surface area contributed by atoms with E-state index in [2.05, 4.69) is 75.8 Å². The summed E-state index contributed by atoms with van der Waals surface area (Å²) in [6, 6.07) is 19.6. The van der Waals surface area contributed by atoms with Gasteiger partial charge in [-0.15, -0.1) is 0 Å². The van der Waals surface area contributed by atoms with Crippen molar-refractivity contribution < 1.29 is 0 Å². The van der Waals surface area contributed by atoms with Crippen molar-refractivity contribution in [2.24, 2.45) is 0 Å². The number of rotatable bonds is 3. The molecule has 34 heavy (non-hydrogen) atoms. The third-order valence-corrected chi connectivity index (χ3v) is 7.04. The van der Waals surface area contributed by atoms with E-state index in [0.29, 0.717) is 11.6 Å². The zero-order valence-electron chi connectivity index (χ0n) is 19.4. The van der Waals surface area contributed by atoms with Gasteiger partial charge in [-0.1, -0.05) is 12.1 Å². The molecule has 7 heteroatoms. The van der Waals surface area contributed by atoms with E-state index in [1.54, 1.807) is 0 Å². The summed E-state index contributed by atoms with van der Waals surface area (Å²) in [4.78, 5) is 9.54. The molecular weight excluding hydrogens is 440 g/mol. The van der Waals surface area contributed by atoms with Crippen LogP contribution in [0.2, 0.25) is 0 Å². The number of fused-ring (bicyclic) bond motifs is 5. The molecule has 2 aromatic heterocycles. The first-order valence-corrected chi connectivity index (χ1v) is 11.4. The van der Waals surface area contributed by atoms with E-state index >= 15 is 0 Å². The van der Waals surface area contributed by atoms with Gasteiger partial charge in [0.25, 0.3) is 0 Å². The molecule has 172 valence electrons. The lowest BCUT2D eigenvalue weighted by Gasteiger charge is -2.23. The number of likely N-dealkylation sites (N-methyl/N-ethyl adjacent to an activating group) is 1. The fraction of sp³-hybridized carbons (Fsp3) is 0.259. The molecule has 2 aliphatic rings. The minimum absolute atomic E-state index is 0. The molecule has 2 aromatic carbocycles. The Morgan fingerprint density at radius 2 is 1.88 bits per heavy atom. The Morgan fingerprint density at radius 3 is 2.62 bits per heavy atom. The summed E-state index contributed by atoms with van der Waals surface area (Å²) in [5.41, 5.74) is 7.80. The second kappa shape index (κ2) is 8.71. The summed E-state index contributed by atoms with van der Waals surface area (Å²) in [5, 5.41) is 9.11. The Balaban J connectivity index is 0.00000241. The number of hydrogen-bond acceptors (Lipinski definition) is 4. The van der Waals surface area contributed by atoms with Crippen LogP contribution in [0.4, 0.5) is 5.69 Å². The molecule has 0 unspecified atom stereocenters. The highest BCUT2D eigenvalue weighted by Crippen LogP contribution is 2.35. The van der Waals surface area contributed by atoms with Crippen LogP contribution < -0.4 is 4.90 Å². The van der Waals surface area contributed by atoms with Gasteiger partial charge in [0.05, 0.1) is 23.0 Å². The summed E-state index contributed by atoms with van der Waals surface area (Å²) >= 11 is 0. The zero-order valence-corrected chi connectivity index (χ0v) is 20.4. The molecule has 0 N–H and O–H groups in total. The predicted octanol–water partition coefficient (Wildman–Crippen LogP) is 4.49. The maximum Gasteiger partial charge on any atom is 0.161 e. The molecular formula is C27H28N6S. The Hall–Kier alpha value is -3.47. The number of hydrogen-bond donors (Lipinski definition) is 0. The monoisotopic (exact) mass is 468 g/mol. The summed E-state index contributed by atoms with van der Waals surface area (Å²) in [5.74, 6) is 0.954. The average Bonchev–Trinajstić information content (AvgIpc) is 3.58. The van der Waals surface area contributed by atoms with Crippen molar-refractivity contribution in [3.05, 3.63) is 78.2 Å². The van der Waals surface area contributed by atoms with Gasteiger partial charge in [0, 0.05) is 55.5 Å². The molecule has 2 aliphatic heterocycles. The third kappa shape index (κ3) is 3.69. The second-order valence-corrected chi connectivity index (χ2v) is 9.22. The molecule has 1 fully saturated rings. The summed E-state index contributed by atoms with van der Waals surface area (Å²) < 4.78 is 4.50. The van der Waals surface area contributed by atoms with Crippen LogP contribution in [0.5, 0.6) is 0 Å². The van der Waals surface area contributed by atoms with Crippen molar-refractivity contribution in [2.45, 2.75) is 19.0 Å². The molecule has 0 aliphatic carbocycles. The lowest BCUT2D eigenvalue weighted by Crippen LogP contribution is -2.31. The van der Waals surface area contributed by atoms with Crippen LogP contribution in [0.3, 0.4) is 0 Å². The number of benzene rings is 2. The van der Waals surface area contributed by atoms with Crippen molar-refractivity contribution in [1.29, 1.82) is 5.26 Å². The maximum atomic E-state index is 9.11. The Kier molecular flexibility index (Phi) is 5.72. The van der Waals surface area contributed by atoms with Crippen LogP contribution in [0, 0.1) is 11.3 Å². The van der Waals surface area contributed by atoms with Crippen molar-refractivity contribution in [3.63, 3.8) is 0 Å². The topological polar surface area (TPSA) is 53.0 Å². The number of nitrogens with zero attached hydrogens (tertiary/aromatic N) is 6. The van der Waals surface area contributed by atoms with Gasteiger partial charge in [0.2, 0.25) is 0 Å². The van der Waals surface area contributed by atoms with Crippen LogP contribution in [0.1, 0.15) is 17.5 Å². The number of aromatic nitrogens is 3. The van der Waals surface area contributed by atoms with Crippen molar-refractivity contribution in [2.75, 3.05) is 32.1 Å². The standard InChI is InChI=1S/C27H26N6.H2S/c1-30(2)24-9-11-31(18-24)23-7-8-25-22(13-23)17-32-16-21(20-5-3-19(15-28)4-6-20)14-26(32)27-29-10-12-33(25)27;/h3-8,10,12-14,16,24H,9,11,17-18H2,1-2H3;1H2/t24-;/m0./s1. The van der Waals surface area contributed by atoms with Crippen molar-refractivity contribution in [3.8, 4) is 34.4 Å². The highest BCUT2D eigenvalue weighted by molar-refractivity contribution is 7.59. The van der Waals surface area contributed by atoms with Crippen LogP contribution in [0.25, 0.3) is 28.3 Å². The first-order valence-electron chi connectivity index (χ1n) is 11.4. The molecule has 0 saturated carbocycles. The minimum Gasteiger partial charge on any atom is -0.370 e. The molecule has 6 rings (SSSR count). The molecule has 0 spiro atoms. The maximum absolute atomic E-state index is 9.11. The number of anilines is 1. The van der Waals surface area contributed by atoms with E-state index in [4.69, 9.17) is 10.2 Å². The first-order chi connectivity index (χ1) is 16.1. The lowest BCUT2D eigenvalue weighted by molar-refractivity contribution is 0.315. The normalized spacial score (nSPS) is 16.3. The molecule has 1 saturated heterocycles. The van der Waals surface area contributed by atoms with Gasteiger partial charge in [-0.3, -0.25) is 4.57 Å². The second-order valence-electron chi connectivity index (χ2n) is 9.22. The molecule has 4 aromatic rings. The highest BCUT2D eigenvalue weighted by atomic mass is 32.1. The fourth-order valence-corrected chi connectivity index (χ4v) is 5.12. The summed E-state index contributed by atoms with van der Waals surface area (Å²) in [7, 11) is 4.34. The number of imidazole rings is 1. The third-order valence-electron chi connectivity index (χ3n) is 7.04. The van der Waals surface area contributed by atoms with E-state index in [1.807, 2.05) is 30.5 Å². The first kappa shape index (κ1) is 22.3. The Morgan fingerprint density at radius 1 is 1.06 bits per heavy atom. The van der Waals surface area contributed by atoms with Crippen LogP contribution >= 0.6 is 13.5 Å². The lowest BCUT2D eigenvalue weighted by atomic mass is 10.1. The van der Waals surface area contributed by atoms with Crippen LogP contribution in [-0.4, -0.2) is 52.2 Å². The molecule has 0 bridgehead atoms. The van der Waals surface area contributed by atoms with E-state index in [0.717, 1.165) is 42.3 Å². The van der Waals surface area contributed by atoms with Gasteiger partial charge in [0.1, 0.15) is 0 Å². The quantitative estimate of drug-likeness (QED) is 0.391. The van der Waals surface area contributed by atoms with Crippen molar-refractivity contribution >= 4 is 19.2 Å². The zero-order chi connectivity index (χ0) is 22.5. The van der Waals surface area contributed by atoms with Gasteiger partial charge < -0.3 is 14.4 Å². The van der Waals surface area contributed by atoms with Gasteiger partial charge >= 0.3 is 0 Å². The van der Waals surface area contributed by atoms with Crippen LogP contribution in [-0.2, 0) is 6.54 Å². The summed E-state index contributed by atoms with van der Waals surface area (Å²) in [6.45, 7) is 2.96. The largest absolute Gasteiger partial charge is 0.370 e. The molecule has 1 atom stereocenters. The summed E-state index contributed by atoms with van der Waals surface area (Å²) in [6.07, 6.45) is 7.33. The molecule has 4 heterocycles. The number of nitriles is 1. The van der Waals surface area contributed by atoms with E-state index in [-0.39, 0.29) is 13.5 Å². The van der Waals surface area contributed by atoms with Gasteiger partial charge in [-0.2, -0.15) is 18.8 Å². The SMILES string of the molecule is CN(C)[C@H]1CCN(c2ccc3c(c2)Cn2cc(-c4ccc(C#N)cc4)cc2-c2nccn2-3)C1.S. The predicted molar refractivity (Wildman–Crippen MR) is 141 cm³/mol. The van der Waals surface area contributed by atoms with E-state index in [1.165, 1.54) is 23.4 Å². The van der Waals surface area contributed by atoms with Crippen molar-refractivity contribution in [1.82, 2.24) is 19.0 Å². The molecule has 6 nitrogen and oxygen atoms in total. The van der Waals surface area contributed by atoms with E-state index in [9.17, 15) is 0 Å². The average molecular weight is 469 g/mol. The minimum atomic E-state index is 0. The molecule has 0 radical (unpaired) electrons. The van der Waals surface area contributed by atoms with Gasteiger partial charge in [-0.25, -0.2) is 4.98 Å². The molecule has 0 amide bonds. The van der Waals surface area contributed by atoms with Gasteiger partial charge in [0.15, 0.2) is 5.82 Å². The van der Waals surface area contributed by atoms with E-state index < -0.39 is 0 Å². The Bertz CT molecular complexity index is 1380. The Labute approximate surface area is 207 Å². The highest BCUT2D eigenvalue weighted by Gasteiger charge is 2.26. The smallest absolute Gasteiger partial charge is 0.161 e. The van der Waals surface area contributed by atoms with Gasteiger partial charge in [-0.05, 0) is 68.0 Å².